The van der Waals surface area contributed by atoms with Crippen LogP contribution in [0, 0.1) is 0 Å². The number of hydrogen-bond donors (Lipinski definition) is 0. The smallest absolute Gasteiger partial charge is 0.215 e. The van der Waals surface area contributed by atoms with Crippen LogP contribution in [0.4, 0.5) is 0 Å². The van der Waals surface area contributed by atoms with Gasteiger partial charge < -0.3 is 14.2 Å². The molecule has 0 bridgehead atoms. The Morgan fingerprint density at radius 3 is 2.18 bits per heavy atom. The highest BCUT2D eigenvalue weighted by Crippen LogP contribution is 2.35. The fourth-order valence-electron chi connectivity index (χ4n) is 1.59. The molecule has 0 unspecified atom stereocenters. The first-order chi connectivity index (χ1) is 8.19. The minimum absolute atomic E-state index is 0.467. The Hall–Kier alpha value is -1.68. The number of methoxy groups -OCH3 is 3. The third-order valence-electron chi connectivity index (χ3n) is 2.45. The second-order valence-electron chi connectivity index (χ2n) is 3.37. The standard InChI is InChI=1S/C12H12ClNO3/c1-15-10-4-7-8(13)5-12(17-3)14-9(7)6-11(10)16-2/h4-6H,1-3H3. The molecule has 0 aliphatic carbocycles. The zero-order valence-corrected chi connectivity index (χ0v) is 10.5. The summed E-state index contributed by atoms with van der Waals surface area (Å²) in [7, 11) is 4.70. The zero-order chi connectivity index (χ0) is 12.4. The molecule has 0 N–H and O–H groups in total. The summed E-state index contributed by atoms with van der Waals surface area (Å²) in [6.45, 7) is 0. The van der Waals surface area contributed by atoms with Crippen molar-refractivity contribution >= 4 is 22.5 Å². The van der Waals surface area contributed by atoms with Gasteiger partial charge in [0.15, 0.2) is 11.5 Å². The second kappa shape index (κ2) is 4.67. The van der Waals surface area contributed by atoms with Gasteiger partial charge in [0.2, 0.25) is 5.88 Å². The summed E-state index contributed by atoms with van der Waals surface area (Å²) in [4.78, 5) is 4.30. The van der Waals surface area contributed by atoms with E-state index in [1.165, 1.54) is 0 Å². The molecule has 1 heterocycles. The van der Waals surface area contributed by atoms with Crippen LogP contribution in [0.15, 0.2) is 18.2 Å². The van der Waals surface area contributed by atoms with Crippen LogP contribution in [0.25, 0.3) is 10.9 Å². The van der Waals surface area contributed by atoms with Crippen LogP contribution in [0.2, 0.25) is 5.02 Å². The minimum Gasteiger partial charge on any atom is -0.493 e. The van der Waals surface area contributed by atoms with Gasteiger partial charge in [-0.3, -0.25) is 0 Å². The first-order valence-electron chi connectivity index (χ1n) is 4.96. The van der Waals surface area contributed by atoms with E-state index in [2.05, 4.69) is 4.98 Å². The van der Waals surface area contributed by atoms with Gasteiger partial charge in [-0.1, -0.05) is 11.6 Å². The van der Waals surface area contributed by atoms with E-state index in [4.69, 9.17) is 25.8 Å². The fraction of sp³-hybridized carbons (Fsp3) is 0.250. The maximum Gasteiger partial charge on any atom is 0.215 e. The van der Waals surface area contributed by atoms with Crippen molar-refractivity contribution < 1.29 is 14.2 Å². The van der Waals surface area contributed by atoms with E-state index < -0.39 is 0 Å². The molecule has 0 saturated carbocycles. The molecular weight excluding hydrogens is 242 g/mol. The van der Waals surface area contributed by atoms with Crippen LogP contribution in [-0.4, -0.2) is 26.3 Å². The highest BCUT2D eigenvalue weighted by atomic mass is 35.5. The van der Waals surface area contributed by atoms with Crippen molar-refractivity contribution in [2.24, 2.45) is 0 Å². The molecule has 17 heavy (non-hydrogen) atoms. The van der Waals surface area contributed by atoms with Gasteiger partial charge in [0.1, 0.15) is 0 Å². The summed E-state index contributed by atoms with van der Waals surface area (Å²) in [5, 5.41) is 1.36. The summed E-state index contributed by atoms with van der Waals surface area (Å²) in [6, 6.07) is 5.22. The summed E-state index contributed by atoms with van der Waals surface area (Å²) >= 11 is 6.15. The minimum atomic E-state index is 0.467. The fourth-order valence-corrected chi connectivity index (χ4v) is 1.84. The number of hydrogen-bond acceptors (Lipinski definition) is 4. The predicted molar refractivity (Wildman–Crippen MR) is 66.4 cm³/mol. The van der Waals surface area contributed by atoms with Gasteiger partial charge in [-0.15, -0.1) is 0 Å². The summed E-state index contributed by atoms with van der Waals surface area (Å²) < 4.78 is 15.5. The highest BCUT2D eigenvalue weighted by Gasteiger charge is 2.10. The molecule has 2 aromatic rings. The third-order valence-corrected chi connectivity index (χ3v) is 2.76. The SMILES string of the molecule is COc1cc(Cl)c2cc(OC)c(OC)cc2n1. The number of nitrogens with zero attached hydrogens (tertiary/aromatic N) is 1. The largest absolute Gasteiger partial charge is 0.493 e. The molecule has 90 valence electrons. The van der Waals surface area contributed by atoms with E-state index in [9.17, 15) is 0 Å². The average Bonchev–Trinajstić information content (AvgIpc) is 2.36. The van der Waals surface area contributed by atoms with Crippen LogP contribution >= 0.6 is 11.6 Å². The molecule has 0 spiro atoms. The molecule has 0 radical (unpaired) electrons. The van der Waals surface area contributed by atoms with Crippen molar-refractivity contribution in [3.05, 3.63) is 23.2 Å². The van der Waals surface area contributed by atoms with Crippen molar-refractivity contribution in [2.75, 3.05) is 21.3 Å². The average molecular weight is 254 g/mol. The van der Waals surface area contributed by atoms with E-state index in [1.807, 2.05) is 0 Å². The maximum absolute atomic E-state index is 6.15. The lowest BCUT2D eigenvalue weighted by Crippen LogP contribution is -1.93. The summed E-state index contributed by atoms with van der Waals surface area (Å²) in [5.41, 5.74) is 0.701. The molecule has 0 atom stereocenters. The van der Waals surface area contributed by atoms with E-state index in [0.717, 1.165) is 5.39 Å². The quantitative estimate of drug-likeness (QED) is 0.843. The van der Waals surface area contributed by atoms with Gasteiger partial charge in [-0.25, -0.2) is 4.98 Å². The normalized spacial score (nSPS) is 10.4. The Morgan fingerprint density at radius 2 is 1.59 bits per heavy atom. The van der Waals surface area contributed by atoms with Crippen LogP contribution in [0.1, 0.15) is 0 Å². The Bertz CT molecular complexity index is 557. The number of halogens is 1. The topological polar surface area (TPSA) is 40.6 Å². The Morgan fingerprint density at radius 1 is 0.941 bits per heavy atom. The molecule has 0 aliphatic rings. The first-order valence-corrected chi connectivity index (χ1v) is 5.33. The molecule has 1 aromatic heterocycles. The van der Waals surface area contributed by atoms with Crippen molar-refractivity contribution in [3.8, 4) is 17.4 Å². The number of ether oxygens (including phenoxy) is 3. The highest BCUT2D eigenvalue weighted by molar-refractivity contribution is 6.35. The second-order valence-corrected chi connectivity index (χ2v) is 3.78. The molecular formula is C12H12ClNO3. The maximum atomic E-state index is 6.15. The molecule has 1 aromatic carbocycles. The number of benzene rings is 1. The summed E-state index contributed by atoms with van der Waals surface area (Å²) in [6.07, 6.45) is 0. The van der Waals surface area contributed by atoms with Crippen LogP contribution in [0.5, 0.6) is 17.4 Å². The van der Waals surface area contributed by atoms with Crippen molar-refractivity contribution in [1.29, 1.82) is 0 Å². The van der Waals surface area contributed by atoms with Crippen LogP contribution in [0.3, 0.4) is 0 Å². The number of rotatable bonds is 3. The first kappa shape index (κ1) is 11.8. The van der Waals surface area contributed by atoms with Gasteiger partial charge in [0, 0.05) is 17.5 Å². The Kier molecular flexibility index (Phi) is 3.24. The van der Waals surface area contributed by atoms with E-state index >= 15 is 0 Å². The summed E-state index contributed by atoms with van der Waals surface area (Å²) in [5.74, 6) is 1.69. The van der Waals surface area contributed by atoms with Crippen molar-refractivity contribution in [1.82, 2.24) is 4.98 Å². The van der Waals surface area contributed by atoms with E-state index in [0.29, 0.717) is 27.9 Å². The number of pyridine rings is 1. The van der Waals surface area contributed by atoms with Gasteiger partial charge in [-0.05, 0) is 6.07 Å². The van der Waals surface area contributed by atoms with E-state index in [-0.39, 0.29) is 0 Å². The predicted octanol–water partition coefficient (Wildman–Crippen LogP) is 2.91. The van der Waals surface area contributed by atoms with Crippen LogP contribution in [-0.2, 0) is 0 Å². The number of aromatic nitrogens is 1. The van der Waals surface area contributed by atoms with E-state index in [1.54, 1.807) is 39.5 Å². The Labute approximate surface area is 104 Å². The van der Waals surface area contributed by atoms with Gasteiger partial charge in [0.25, 0.3) is 0 Å². The molecule has 0 aliphatic heterocycles. The molecule has 0 saturated heterocycles. The lowest BCUT2D eigenvalue weighted by Gasteiger charge is -2.10. The monoisotopic (exact) mass is 253 g/mol. The molecule has 2 rings (SSSR count). The van der Waals surface area contributed by atoms with Gasteiger partial charge >= 0.3 is 0 Å². The molecule has 0 amide bonds. The molecule has 5 heteroatoms. The van der Waals surface area contributed by atoms with Crippen molar-refractivity contribution in [2.45, 2.75) is 0 Å². The zero-order valence-electron chi connectivity index (χ0n) is 9.78. The Balaban J connectivity index is 2.73. The lowest BCUT2D eigenvalue weighted by molar-refractivity contribution is 0.355. The molecule has 0 fully saturated rings. The molecule has 4 nitrogen and oxygen atoms in total. The van der Waals surface area contributed by atoms with Crippen LogP contribution < -0.4 is 14.2 Å². The lowest BCUT2D eigenvalue weighted by atomic mass is 10.2. The van der Waals surface area contributed by atoms with Gasteiger partial charge in [-0.2, -0.15) is 0 Å². The third kappa shape index (κ3) is 2.08. The van der Waals surface area contributed by atoms with Crippen molar-refractivity contribution in [3.63, 3.8) is 0 Å². The van der Waals surface area contributed by atoms with Gasteiger partial charge in [0.05, 0.1) is 31.9 Å². The number of fused-ring (bicyclic) bond motifs is 1.